The lowest BCUT2D eigenvalue weighted by Crippen LogP contribution is -2.31. The van der Waals surface area contributed by atoms with E-state index in [-0.39, 0.29) is 0 Å². The fraction of sp³-hybridized carbons (Fsp3) is 0.833. The maximum absolute atomic E-state index is 10.6. The molecule has 0 rings (SSSR count). The SMILES string of the molecule is [2H]COC(=O)C[C@H](O)[C@H](O)CO. The zero-order valence-corrected chi connectivity index (χ0v) is 5.93. The van der Waals surface area contributed by atoms with Crippen molar-refractivity contribution in [1.82, 2.24) is 0 Å². The molecule has 2 atom stereocenters. The van der Waals surface area contributed by atoms with Crippen LogP contribution in [0.15, 0.2) is 0 Å². The van der Waals surface area contributed by atoms with Crippen LogP contribution in [-0.4, -0.2) is 47.2 Å². The van der Waals surface area contributed by atoms with Crippen molar-refractivity contribution in [3.8, 4) is 0 Å². The molecule has 0 aliphatic carbocycles. The van der Waals surface area contributed by atoms with Crippen LogP contribution in [0.5, 0.6) is 0 Å². The average Bonchev–Trinajstić information content (AvgIpc) is 2.03. The predicted molar refractivity (Wildman–Crippen MR) is 35.7 cm³/mol. The van der Waals surface area contributed by atoms with E-state index in [9.17, 15) is 4.79 Å². The first-order valence-electron chi connectivity index (χ1n) is 3.74. The summed E-state index contributed by atoms with van der Waals surface area (Å²) in [6.07, 6.45) is -3.10. The Morgan fingerprint density at radius 2 is 2.27 bits per heavy atom. The summed E-state index contributed by atoms with van der Waals surface area (Å²) in [5.74, 6) is -0.773. The van der Waals surface area contributed by atoms with Gasteiger partial charge in [0.05, 0.1) is 27.6 Å². The highest BCUT2D eigenvalue weighted by Gasteiger charge is 2.18. The van der Waals surface area contributed by atoms with Crippen LogP contribution >= 0.6 is 0 Å². The van der Waals surface area contributed by atoms with Crippen molar-refractivity contribution in [2.75, 3.05) is 13.7 Å². The quantitative estimate of drug-likeness (QED) is 0.431. The van der Waals surface area contributed by atoms with Gasteiger partial charge in [0.25, 0.3) is 0 Å². The average molecular weight is 165 g/mol. The van der Waals surface area contributed by atoms with Crippen LogP contribution in [0.3, 0.4) is 0 Å². The molecule has 0 aliphatic heterocycles. The van der Waals surface area contributed by atoms with E-state index in [1.54, 1.807) is 0 Å². The van der Waals surface area contributed by atoms with Crippen molar-refractivity contribution in [1.29, 1.82) is 0 Å². The molecule has 0 unspecified atom stereocenters. The van der Waals surface area contributed by atoms with E-state index < -0.39 is 38.3 Å². The summed E-state index contributed by atoms with van der Waals surface area (Å²) >= 11 is 0. The molecule has 0 spiro atoms. The summed E-state index contributed by atoms with van der Waals surface area (Å²) in [5, 5.41) is 26.1. The van der Waals surface area contributed by atoms with Gasteiger partial charge in [-0.2, -0.15) is 0 Å². The molecular formula is C6H12O5. The van der Waals surface area contributed by atoms with Crippen LogP contribution in [0.1, 0.15) is 7.79 Å². The summed E-state index contributed by atoms with van der Waals surface area (Å²) < 4.78 is 10.7. The Bertz CT molecular complexity index is 140. The Labute approximate surface area is 65.6 Å². The predicted octanol–water partition coefficient (Wildman–Crippen LogP) is -1.74. The zero-order valence-electron chi connectivity index (χ0n) is 6.93. The summed E-state index contributed by atoms with van der Waals surface area (Å²) in [6, 6.07) is 0. The number of carbonyl (C=O) groups excluding carboxylic acids is 1. The minimum Gasteiger partial charge on any atom is -0.469 e. The Morgan fingerprint density at radius 3 is 2.73 bits per heavy atom. The Hall–Kier alpha value is -0.650. The summed E-state index contributed by atoms with van der Waals surface area (Å²) in [4.78, 5) is 10.6. The van der Waals surface area contributed by atoms with Gasteiger partial charge in [-0.3, -0.25) is 4.79 Å². The number of aliphatic hydroxyl groups excluding tert-OH is 3. The smallest absolute Gasteiger partial charge is 0.308 e. The van der Waals surface area contributed by atoms with E-state index in [4.69, 9.17) is 16.7 Å². The molecule has 0 aromatic rings. The highest BCUT2D eigenvalue weighted by Crippen LogP contribution is 1.99. The maximum Gasteiger partial charge on any atom is 0.308 e. The number of ether oxygens (including phenoxy) is 1. The van der Waals surface area contributed by atoms with Gasteiger partial charge in [0, 0.05) is 0 Å². The van der Waals surface area contributed by atoms with Crippen LogP contribution in [0.25, 0.3) is 0 Å². The van der Waals surface area contributed by atoms with Gasteiger partial charge in [-0.25, -0.2) is 0 Å². The Morgan fingerprint density at radius 1 is 1.64 bits per heavy atom. The van der Waals surface area contributed by atoms with Gasteiger partial charge in [0.1, 0.15) is 6.10 Å². The van der Waals surface area contributed by atoms with Crippen LogP contribution in [0.2, 0.25) is 0 Å². The van der Waals surface area contributed by atoms with Gasteiger partial charge in [-0.15, -0.1) is 0 Å². The van der Waals surface area contributed by atoms with Crippen molar-refractivity contribution in [3.05, 3.63) is 0 Å². The first-order valence-corrected chi connectivity index (χ1v) is 3.03. The van der Waals surface area contributed by atoms with Crippen molar-refractivity contribution in [3.63, 3.8) is 0 Å². The number of hydrogen-bond donors (Lipinski definition) is 3. The molecule has 0 aromatic heterocycles. The summed E-state index contributed by atoms with van der Waals surface area (Å²) in [7, 11) is -0.513. The fourth-order valence-corrected chi connectivity index (χ4v) is 0.487. The van der Waals surface area contributed by atoms with Gasteiger partial charge in [0.15, 0.2) is 0 Å². The second-order valence-corrected chi connectivity index (χ2v) is 2.04. The third kappa shape index (κ3) is 3.92. The Kier molecular flexibility index (Phi) is 3.89. The third-order valence-electron chi connectivity index (χ3n) is 1.17. The molecule has 0 fully saturated rings. The highest BCUT2D eigenvalue weighted by atomic mass is 16.5. The first-order chi connectivity index (χ1) is 5.61. The second-order valence-electron chi connectivity index (χ2n) is 2.04. The normalized spacial score (nSPS) is 16.8. The fourth-order valence-electron chi connectivity index (χ4n) is 0.487. The Balaban J connectivity index is 3.67. The summed E-state index contributed by atoms with van der Waals surface area (Å²) in [6.45, 7) is -0.616. The molecule has 0 heterocycles. The molecule has 3 N–H and O–H groups in total. The molecule has 0 saturated heterocycles. The summed E-state index contributed by atoms with van der Waals surface area (Å²) in [5.41, 5.74) is 0. The number of esters is 1. The van der Waals surface area contributed by atoms with E-state index >= 15 is 0 Å². The second kappa shape index (κ2) is 5.06. The molecule has 5 nitrogen and oxygen atoms in total. The van der Waals surface area contributed by atoms with E-state index in [1.165, 1.54) is 0 Å². The van der Waals surface area contributed by atoms with E-state index in [2.05, 4.69) is 4.74 Å². The number of methoxy groups -OCH3 is 1. The lowest BCUT2D eigenvalue weighted by Gasteiger charge is -2.13. The van der Waals surface area contributed by atoms with E-state index in [0.717, 1.165) is 0 Å². The van der Waals surface area contributed by atoms with Crippen LogP contribution in [0, 0.1) is 0 Å². The lowest BCUT2D eigenvalue weighted by molar-refractivity contribution is -0.145. The third-order valence-corrected chi connectivity index (χ3v) is 1.17. The molecule has 0 bridgehead atoms. The molecule has 5 heteroatoms. The van der Waals surface area contributed by atoms with Crippen molar-refractivity contribution < 1.29 is 26.2 Å². The highest BCUT2D eigenvalue weighted by molar-refractivity contribution is 5.69. The van der Waals surface area contributed by atoms with Crippen LogP contribution < -0.4 is 0 Å². The molecule has 0 saturated carbocycles. The molecule has 0 aromatic carbocycles. The van der Waals surface area contributed by atoms with Crippen molar-refractivity contribution in [2.24, 2.45) is 0 Å². The van der Waals surface area contributed by atoms with E-state index in [1.807, 2.05) is 0 Å². The zero-order chi connectivity index (χ0) is 9.56. The van der Waals surface area contributed by atoms with Crippen LogP contribution in [0.4, 0.5) is 0 Å². The monoisotopic (exact) mass is 165 g/mol. The van der Waals surface area contributed by atoms with Crippen LogP contribution in [-0.2, 0) is 9.53 Å². The molecule has 11 heavy (non-hydrogen) atoms. The maximum atomic E-state index is 10.6. The first kappa shape index (κ1) is 8.45. The number of aliphatic hydroxyl groups is 3. The van der Waals surface area contributed by atoms with Crippen molar-refractivity contribution >= 4 is 5.97 Å². The largest absolute Gasteiger partial charge is 0.469 e. The minimum atomic E-state index is -1.34. The van der Waals surface area contributed by atoms with E-state index in [0.29, 0.717) is 0 Å². The molecule has 0 amide bonds. The standard InChI is InChI=1S/C6H12O5/c1-11-6(10)2-4(8)5(9)3-7/h4-5,7-9H,2-3H2,1H3/t4-,5+/m0/s1/i1D. The van der Waals surface area contributed by atoms with Gasteiger partial charge < -0.3 is 20.1 Å². The van der Waals surface area contributed by atoms with Gasteiger partial charge in [0.2, 0.25) is 0 Å². The van der Waals surface area contributed by atoms with Gasteiger partial charge >= 0.3 is 5.97 Å². The number of hydrogen-bond acceptors (Lipinski definition) is 5. The lowest BCUT2D eigenvalue weighted by atomic mass is 10.1. The number of rotatable bonds is 4. The van der Waals surface area contributed by atoms with Crippen molar-refractivity contribution in [2.45, 2.75) is 18.6 Å². The topological polar surface area (TPSA) is 87.0 Å². The molecule has 0 radical (unpaired) electrons. The minimum absolute atomic E-state index is 0.416. The molecular weight excluding hydrogens is 152 g/mol. The van der Waals surface area contributed by atoms with Gasteiger partial charge in [-0.1, -0.05) is 0 Å². The van der Waals surface area contributed by atoms with Gasteiger partial charge in [-0.05, 0) is 0 Å². The number of carbonyl (C=O) groups is 1. The molecule has 66 valence electrons. The molecule has 0 aliphatic rings.